The average Bonchev–Trinajstić information content (AvgIpc) is 2.47. The van der Waals surface area contributed by atoms with Gasteiger partial charge in [0.2, 0.25) is 0 Å². The number of likely N-dealkylation sites (tertiary alicyclic amines) is 1. The van der Waals surface area contributed by atoms with Crippen molar-refractivity contribution in [2.75, 3.05) is 13.1 Å². The summed E-state index contributed by atoms with van der Waals surface area (Å²) < 4.78 is 5.77. The van der Waals surface area contributed by atoms with Crippen molar-refractivity contribution in [2.45, 2.75) is 45.3 Å². The Morgan fingerprint density at radius 3 is 2.50 bits per heavy atom. The van der Waals surface area contributed by atoms with E-state index in [1.807, 2.05) is 23.1 Å². The van der Waals surface area contributed by atoms with Crippen LogP contribution in [0.4, 0.5) is 0 Å². The third kappa shape index (κ3) is 3.51. The van der Waals surface area contributed by atoms with Gasteiger partial charge in [-0.05, 0) is 39.2 Å². The molecule has 110 valence electrons. The second-order valence-electron chi connectivity index (χ2n) is 5.36. The number of carbonyl (C=O) groups is 1. The minimum Gasteiger partial charge on any atom is -0.481 e. The summed E-state index contributed by atoms with van der Waals surface area (Å²) in [6.45, 7) is 5.12. The van der Waals surface area contributed by atoms with E-state index in [1.165, 1.54) is 6.42 Å². The van der Waals surface area contributed by atoms with Gasteiger partial charge in [0, 0.05) is 18.7 Å². The first kappa shape index (κ1) is 14.9. The molecule has 20 heavy (non-hydrogen) atoms. The van der Waals surface area contributed by atoms with E-state index < -0.39 is 12.2 Å². The molecule has 1 amide bonds. The van der Waals surface area contributed by atoms with Crippen molar-refractivity contribution in [3.8, 4) is 5.75 Å². The maximum Gasteiger partial charge on any atom is 0.263 e. The molecule has 1 fully saturated rings. The number of hydrogen-bond donors (Lipinski definition) is 1. The topological polar surface area (TPSA) is 49.8 Å². The van der Waals surface area contributed by atoms with Crippen molar-refractivity contribution in [1.29, 1.82) is 0 Å². The van der Waals surface area contributed by atoms with Gasteiger partial charge in [-0.1, -0.05) is 18.2 Å². The Bertz CT molecular complexity index is 453. The van der Waals surface area contributed by atoms with Gasteiger partial charge in [0.05, 0.1) is 6.10 Å². The highest BCUT2D eigenvalue weighted by Gasteiger charge is 2.24. The molecule has 1 unspecified atom stereocenters. The zero-order chi connectivity index (χ0) is 14.5. The number of hydrogen-bond acceptors (Lipinski definition) is 3. The van der Waals surface area contributed by atoms with Crippen LogP contribution in [0, 0.1) is 0 Å². The predicted octanol–water partition coefficient (Wildman–Crippen LogP) is 2.52. The second-order valence-corrected chi connectivity index (χ2v) is 5.36. The SMILES string of the molecule is CC(Oc1ccccc1[C@H](C)O)C(=O)N1CCCCC1. The molecular weight excluding hydrogens is 254 g/mol. The first-order chi connectivity index (χ1) is 9.59. The lowest BCUT2D eigenvalue weighted by Gasteiger charge is -2.29. The fraction of sp³-hybridized carbons (Fsp3) is 0.562. The van der Waals surface area contributed by atoms with E-state index in [2.05, 4.69) is 0 Å². The third-order valence-electron chi connectivity index (χ3n) is 3.69. The van der Waals surface area contributed by atoms with Gasteiger partial charge in [-0.25, -0.2) is 0 Å². The van der Waals surface area contributed by atoms with Crippen LogP contribution in [0.3, 0.4) is 0 Å². The number of carbonyl (C=O) groups excluding carboxylic acids is 1. The van der Waals surface area contributed by atoms with Crippen molar-refractivity contribution < 1.29 is 14.6 Å². The molecule has 0 saturated carbocycles. The smallest absolute Gasteiger partial charge is 0.263 e. The molecule has 2 atom stereocenters. The zero-order valence-corrected chi connectivity index (χ0v) is 12.2. The summed E-state index contributed by atoms with van der Waals surface area (Å²) in [5.41, 5.74) is 0.714. The molecule has 1 aliphatic heterocycles. The number of amides is 1. The normalized spacial score (nSPS) is 18.4. The molecule has 0 radical (unpaired) electrons. The molecule has 1 aromatic rings. The molecule has 1 aliphatic rings. The van der Waals surface area contributed by atoms with Crippen LogP contribution in [0.15, 0.2) is 24.3 Å². The number of nitrogens with zero attached hydrogens (tertiary/aromatic N) is 1. The van der Waals surface area contributed by atoms with E-state index in [-0.39, 0.29) is 5.91 Å². The summed E-state index contributed by atoms with van der Waals surface area (Å²) in [5, 5.41) is 9.73. The van der Waals surface area contributed by atoms with Gasteiger partial charge >= 0.3 is 0 Å². The Labute approximate surface area is 120 Å². The van der Waals surface area contributed by atoms with Crippen molar-refractivity contribution in [1.82, 2.24) is 4.90 Å². The Morgan fingerprint density at radius 2 is 1.85 bits per heavy atom. The lowest BCUT2D eigenvalue weighted by Crippen LogP contribution is -2.43. The highest BCUT2D eigenvalue weighted by molar-refractivity contribution is 5.81. The van der Waals surface area contributed by atoms with Gasteiger partial charge in [-0.15, -0.1) is 0 Å². The molecule has 0 aliphatic carbocycles. The molecule has 1 N–H and O–H groups in total. The third-order valence-corrected chi connectivity index (χ3v) is 3.69. The molecule has 0 bridgehead atoms. The number of aliphatic hydroxyl groups is 1. The molecule has 4 heteroatoms. The van der Waals surface area contributed by atoms with E-state index in [1.54, 1.807) is 19.9 Å². The van der Waals surface area contributed by atoms with E-state index in [0.29, 0.717) is 11.3 Å². The summed E-state index contributed by atoms with van der Waals surface area (Å²) in [6.07, 6.45) is 2.21. The van der Waals surface area contributed by atoms with E-state index in [4.69, 9.17) is 4.74 Å². The lowest BCUT2D eigenvalue weighted by molar-refractivity contribution is -0.138. The Kier molecular flexibility index (Phi) is 5.01. The molecule has 1 heterocycles. The Balaban J connectivity index is 2.03. The Hall–Kier alpha value is -1.55. The van der Waals surface area contributed by atoms with Crippen LogP contribution in [0.1, 0.15) is 44.8 Å². The highest BCUT2D eigenvalue weighted by atomic mass is 16.5. The number of para-hydroxylation sites is 1. The van der Waals surface area contributed by atoms with Gasteiger partial charge in [-0.2, -0.15) is 0 Å². The fourth-order valence-corrected chi connectivity index (χ4v) is 2.55. The zero-order valence-electron chi connectivity index (χ0n) is 12.2. The monoisotopic (exact) mass is 277 g/mol. The minimum atomic E-state index is -0.608. The van der Waals surface area contributed by atoms with Gasteiger partial charge in [-0.3, -0.25) is 4.79 Å². The van der Waals surface area contributed by atoms with E-state index >= 15 is 0 Å². The number of ether oxygens (including phenoxy) is 1. The van der Waals surface area contributed by atoms with Gasteiger partial charge in [0.15, 0.2) is 6.10 Å². The highest BCUT2D eigenvalue weighted by Crippen LogP contribution is 2.26. The lowest BCUT2D eigenvalue weighted by atomic mass is 10.1. The van der Waals surface area contributed by atoms with Crippen LogP contribution in [-0.2, 0) is 4.79 Å². The van der Waals surface area contributed by atoms with E-state index in [0.717, 1.165) is 25.9 Å². The fourth-order valence-electron chi connectivity index (χ4n) is 2.55. The number of benzene rings is 1. The quantitative estimate of drug-likeness (QED) is 0.920. The molecule has 0 aromatic heterocycles. The summed E-state index contributed by atoms with van der Waals surface area (Å²) in [5.74, 6) is 0.616. The first-order valence-corrected chi connectivity index (χ1v) is 7.32. The van der Waals surface area contributed by atoms with Crippen LogP contribution in [0.2, 0.25) is 0 Å². The van der Waals surface area contributed by atoms with Crippen LogP contribution in [-0.4, -0.2) is 35.1 Å². The first-order valence-electron chi connectivity index (χ1n) is 7.32. The molecule has 1 aromatic carbocycles. The number of piperidine rings is 1. The van der Waals surface area contributed by atoms with Crippen LogP contribution in [0.5, 0.6) is 5.75 Å². The standard InChI is InChI=1S/C16H23NO3/c1-12(18)14-8-4-5-9-15(14)20-13(2)16(19)17-10-6-3-7-11-17/h4-5,8-9,12-13,18H,3,6-7,10-11H2,1-2H3/t12-,13?/m0/s1. The van der Waals surface area contributed by atoms with Gasteiger partial charge in [0.1, 0.15) is 5.75 Å². The second kappa shape index (κ2) is 6.75. The summed E-state index contributed by atoms with van der Waals surface area (Å²) in [6, 6.07) is 7.31. The van der Waals surface area contributed by atoms with Crippen molar-refractivity contribution in [2.24, 2.45) is 0 Å². The number of aliphatic hydroxyl groups excluding tert-OH is 1. The average molecular weight is 277 g/mol. The molecule has 2 rings (SSSR count). The summed E-state index contributed by atoms with van der Waals surface area (Å²) in [7, 11) is 0. The van der Waals surface area contributed by atoms with Crippen molar-refractivity contribution in [3.63, 3.8) is 0 Å². The molecule has 1 saturated heterocycles. The minimum absolute atomic E-state index is 0.0325. The van der Waals surface area contributed by atoms with Crippen LogP contribution in [0.25, 0.3) is 0 Å². The maximum atomic E-state index is 12.3. The van der Waals surface area contributed by atoms with Crippen LogP contribution >= 0.6 is 0 Å². The van der Waals surface area contributed by atoms with Crippen LogP contribution < -0.4 is 4.74 Å². The van der Waals surface area contributed by atoms with Crippen molar-refractivity contribution in [3.05, 3.63) is 29.8 Å². The van der Waals surface area contributed by atoms with Crippen molar-refractivity contribution >= 4 is 5.91 Å². The Morgan fingerprint density at radius 1 is 1.20 bits per heavy atom. The molecule has 4 nitrogen and oxygen atoms in total. The molecule has 0 spiro atoms. The predicted molar refractivity (Wildman–Crippen MR) is 77.6 cm³/mol. The number of rotatable bonds is 4. The van der Waals surface area contributed by atoms with Gasteiger partial charge in [0.25, 0.3) is 5.91 Å². The molecular formula is C16H23NO3. The maximum absolute atomic E-state index is 12.3. The van der Waals surface area contributed by atoms with Gasteiger partial charge < -0.3 is 14.7 Å². The largest absolute Gasteiger partial charge is 0.481 e. The summed E-state index contributed by atoms with van der Waals surface area (Å²) in [4.78, 5) is 14.2. The summed E-state index contributed by atoms with van der Waals surface area (Å²) >= 11 is 0. The van der Waals surface area contributed by atoms with E-state index in [9.17, 15) is 9.90 Å².